The molecule has 3 rings (SSSR count). The maximum Gasteiger partial charge on any atom is 0.417 e. The molecule has 3 aromatic rings. The summed E-state index contributed by atoms with van der Waals surface area (Å²) in [7, 11) is 0. The predicted molar refractivity (Wildman–Crippen MR) is 87.4 cm³/mol. The molecule has 0 bridgehead atoms. The van der Waals surface area contributed by atoms with E-state index >= 15 is 0 Å². The quantitative estimate of drug-likeness (QED) is 0.693. The lowest BCUT2D eigenvalue weighted by molar-refractivity contribution is -0.138. The van der Waals surface area contributed by atoms with Crippen LogP contribution < -0.4 is 5.32 Å². The second-order valence-electron chi connectivity index (χ2n) is 5.33. The number of benzene rings is 1. The van der Waals surface area contributed by atoms with Crippen molar-refractivity contribution in [3.8, 4) is 0 Å². The number of halogens is 4. The summed E-state index contributed by atoms with van der Waals surface area (Å²) in [5.74, 6) is -0.662. The molecule has 6 nitrogen and oxygen atoms in total. The molecule has 0 saturated carbocycles. The van der Waals surface area contributed by atoms with Crippen LogP contribution in [0.1, 0.15) is 27.6 Å². The molecule has 2 heterocycles. The van der Waals surface area contributed by atoms with Crippen molar-refractivity contribution in [1.82, 2.24) is 19.6 Å². The lowest BCUT2D eigenvalue weighted by Crippen LogP contribution is -2.15. The molecular weight excluding hydrogens is 403 g/mol. The number of alkyl halides is 3. The number of carbonyl (C=O) groups is 1. The smallest absolute Gasteiger partial charge is 0.319 e. The van der Waals surface area contributed by atoms with Crippen LogP contribution in [0.25, 0.3) is 5.78 Å². The van der Waals surface area contributed by atoms with E-state index in [1.807, 2.05) is 0 Å². The number of amides is 1. The highest BCUT2D eigenvalue weighted by Crippen LogP contribution is 2.36. The van der Waals surface area contributed by atoms with Crippen molar-refractivity contribution in [3.05, 3.63) is 51.5 Å². The summed E-state index contributed by atoms with van der Waals surface area (Å²) in [4.78, 5) is 20.4. The third-order valence-electron chi connectivity index (χ3n) is 3.35. The van der Waals surface area contributed by atoms with E-state index in [-0.39, 0.29) is 21.8 Å². The summed E-state index contributed by atoms with van der Waals surface area (Å²) < 4.78 is 40.1. The van der Waals surface area contributed by atoms with E-state index in [0.717, 1.165) is 11.8 Å². The van der Waals surface area contributed by atoms with E-state index in [1.54, 1.807) is 19.9 Å². The lowest BCUT2D eigenvalue weighted by Gasteiger charge is -2.11. The van der Waals surface area contributed by atoms with Crippen molar-refractivity contribution < 1.29 is 18.0 Å². The van der Waals surface area contributed by atoms with Crippen molar-refractivity contribution in [1.29, 1.82) is 0 Å². The Morgan fingerprint density at radius 3 is 2.60 bits per heavy atom. The number of fused-ring (bicyclic) bond motifs is 1. The van der Waals surface area contributed by atoms with Crippen molar-refractivity contribution in [2.45, 2.75) is 20.0 Å². The Bertz CT molecular complexity index is 983. The van der Waals surface area contributed by atoms with Crippen LogP contribution in [0.15, 0.2) is 28.7 Å². The van der Waals surface area contributed by atoms with Gasteiger partial charge in [0.05, 0.1) is 5.56 Å². The fraction of sp³-hybridized carbons (Fsp3) is 0.200. The summed E-state index contributed by atoms with van der Waals surface area (Å²) in [6, 6.07) is 5.17. The van der Waals surface area contributed by atoms with Gasteiger partial charge in [-0.05, 0) is 38.1 Å². The highest BCUT2D eigenvalue weighted by Gasteiger charge is 2.33. The second kappa shape index (κ2) is 6.10. The first kappa shape index (κ1) is 17.3. The highest BCUT2D eigenvalue weighted by atomic mass is 79.9. The molecule has 0 spiro atoms. The molecule has 2 aromatic heterocycles. The summed E-state index contributed by atoms with van der Waals surface area (Å²) in [5.41, 5.74) is 0.547. The van der Waals surface area contributed by atoms with E-state index in [2.05, 4.69) is 36.3 Å². The van der Waals surface area contributed by atoms with Gasteiger partial charge in [0.25, 0.3) is 11.7 Å². The standard InChI is InChI=1S/C15H11BrF3N5O/c1-7-5-8(2)24-14(20-7)22-12(23-24)13(25)21-9-3-4-11(16)10(6-9)15(17,18)19/h3-6H,1-2H3,(H,21,25). The number of anilines is 1. The van der Waals surface area contributed by atoms with Gasteiger partial charge in [-0.25, -0.2) is 9.50 Å². The van der Waals surface area contributed by atoms with Crippen LogP contribution in [0.2, 0.25) is 0 Å². The largest absolute Gasteiger partial charge is 0.417 e. The summed E-state index contributed by atoms with van der Waals surface area (Å²) in [5, 5.41) is 6.40. The molecule has 0 saturated heterocycles. The van der Waals surface area contributed by atoms with Gasteiger partial charge in [0, 0.05) is 21.5 Å². The highest BCUT2D eigenvalue weighted by molar-refractivity contribution is 9.10. The maximum absolute atomic E-state index is 12.9. The van der Waals surface area contributed by atoms with Crippen LogP contribution in [0.5, 0.6) is 0 Å². The van der Waals surface area contributed by atoms with Gasteiger partial charge in [0.1, 0.15) is 0 Å². The number of carbonyl (C=O) groups excluding carboxylic acids is 1. The summed E-state index contributed by atoms with van der Waals surface area (Å²) >= 11 is 2.85. The van der Waals surface area contributed by atoms with E-state index in [9.17, 15) is 18.0 Å². The van der Waals surface area contributed by atoms with Crippen molar-refractivity contribution >= 4 is 33.3 Å². The maximum atomic E-state index is 12.9. The molecule has 0 fully saturated rings. The van der Waals surface area contributed by atoms with Crippen molar-refractivity contribution in [2.24, 2.45) is 0 Å². The van der Waals surface area contributed by atoms with Gasteiger partial charge in [-0.2, -0.15) is 18.2 Å². The van der Waals surface area contributed by atoms with Crippen LogP contribution in [0.4, 0.5) is 18.9 Å². The Hall–Kier alpha value is -2.49. The first-order chi connectivity index (χ1) is 11.6. The SMILES string of the molecule is Cc1cc(C)n2nc(C(=O)Nc3ccc(Br)c(C(F)(F)F)c3)nc2n1. The van der Waals surface area contributed by atoms with Gasteiger partial charge < -0.3 is 5.32 Å². The molecule has 0 aliphatic heterocycles. The van der Waals surface area contributed by atoms with Crippen molar-refractivity contribution in [3.63, 3.8) is 0 Å². The number of nitrogens with one attached hydrogen (secondary N) is 1. The van der Waals surface area contributed by atoms with E-state index in [1.165, 1.54) is 16.6 Å². The van der Waals surface area contributed by atoms with Crippen LogP contribution in [-0.2, 0) is 6.18 Å². The van der Waals surface area contributed by atoms with Gasteiger partial charge in [-0.3, -0.25) is 4.79 Å². The Kier molecular flexibility index (Phi) is 4.23. The van der Waals surface area contributed by atoms with Gasteiger partial charge in [0.2, 0.25) is 5.82 Å². The van der Waals surface area contributed by atoms with E-state index in [4.69, 9.17) is 0 Å². The second-order valence-corrected chi connectivity index (χ2v) is 6.19. The molecule has 10 heteroatoms. The van der Waals surface area contributed by atoms with Crippen LogP contribution in [-0.4, -0.2) is 25.5 Å². The molecule has 1 N–H and O–H groups in total. The van der Waals surface area contributed by atoms with E-state index in [0.29, 0.717) is 5.69 Å². The fourth-order valence-electron chi connectivity index (χ4n) is 2.27. The minimum Gasteiger partial charge on any atom is -0.319 e. The van der Waals surface area contributed by atoms with Crippen molar-refractivity contribution in [2.75, 3.05) is 5.32 Å². The first-order valence-electron chi connectivity index (χ1n) is 7.04. The number of nitrogens with zero attached hydrogens (tertiary/aromatic N) is 4. The molecule has 1 amide bonds. The van der Waals surface area contributed by atoms with Gasteiger partial charge in [-0.15, -0.1) is 5.10 Å². The number of hydrogen-bond acceptors (Lipinski definition) is 4. The lowest BCUT2D eigenvalue weighted by atomic mass is 10.2. The molecule has 1 aromatic carbocycles. The number of rotatable bonds is 2. The molecule has 130 valence electrons. The Labute approximate surface area is 148 Å². The Morgan fingerprint density at radius 1 is 1.20 bits per heavy atom. The monoisotopic (exact) mass is 413 g/mol. The molecule has 0 unspecified atom stereocenters. The molecular formula is C15H11BrF3N5O. The minimum atomic E-state index is -4.54. The average molecular weight is 414 g/mol. The third kappa shape index (κ3) is 3.48. The Morgan fingerprint density at radius 2 is 1.92 bits per heavy atom. The van der Waals surface area contributed by atoms with E-state index < -0.39 is 17.6 Å². The normalized spacial score (nSPS) is 11.8. The number of hydrogen-bond donors (Lipinski definition) is 1. The van der Waals surface area contributed by atoms with Gasteiger partial charge in [0.15, 0.2) is 0 Å². The number of aryl methyl sites for hydroxylation is 2. The summed E-state index contributed by atoms with van der Waals surface area (Å²) in [6.45, 7) is 3.56. The topological polar surface area (TPSA) is 72.2 Å². The van der Waals surface area contributed by atoms with Crippen LogP contribution >= 0.6 is 15.9 Å². The number of aromatic nitrogens is 4. The van der Waals surface area contributed by atoms with Gasteiger partial charge >= 0.3 is 6.18 Å². The zero-order valence-corrected chi connectivity index (χ0v) is 14.6. The predicted octanol–water partition coefficient (Wildman–Crippen LogP) is 3.77. The molecule has 0 atom stereocenters. The first-order valence-corrected chi connectivity index (χ1v) is 7.83. The molecule has 25 heavy (non-hydrogen) atoms. The summed E-state index contributed by atoms with van der Waals surface area (Å²) in [6.07, 6.45) is -4.54. The van der Waals surface area contributed by atoms with Crippen LogP contribution in [0.3, 0.4) is 0 Å². The minimum absolute atomic E-state index is 0.0137. The fourth-order valence-corrected chi connectivity index (χ4v) is 2.74. The zero-order valence-electron chi connectivity index (χ0n) is 13.0. The Balaban J connectivity index is 1.92. The molecule has 0 radical (unpaired) electrons. The molecule has 0 aliphatic rings. The molecule has 0 aliphatic carbocycles. The third-order valence-corrected chi connectivity index (χ3v) is 4.04. The zero-order chi connectivity index (χ0) is 18.4. The van der Waals surface area contributed by atoms with Gasteiger partial charge in [-0.1, -0.05) is 15.9 Å². The average Bonchev–Trinajstić information content (AvgIpc) is 2.92. The van der Waals surface area contributed by atoms with Crippen LogP contribution in [0, 0.1) is 13.8 Å².